The first kappa shape index (κ1) is 20.8. The molecule has 152 valence electrons. The molecule has 10 heteroatoms. The van der Waals surface area contributed by atoms with Crippen LogP contribution in [0.1, 0.15) is 15.9 Å². The van der Waals surface area contributed by atoms with Gasteiger partial charge in [0.2, 0.25) is 0 Å². The minimum absolute atomic E-state index is 0.134. The van der Waals surface area contributed by atoms with Crippen LogP contribution in [0.5, 0.6) is 0 Å². The van der Waals surface area contributed by atoms with E-state index in [4.69, 9.17) is 5.11 Å². The Kier molecular flexibility index (Phi) is 6.28. The van der Waals surface area contributed by atoms with E-state index in [0.717, 1.165) is 17.3 Å². The number of nitro benzene ring substituents is 1. The second-order valence-electron chi connectivity index (χ2n) is 6.17. The molecule has 30 heavy (non-hydrogen) atoms. The van der Waals surface area contributed by atoms with E-state index in [1.54, 1.807) is 42.6 Å². The minimum atomic E-state index is -1.18. The van der Waals surface area contributed by atoms with Crippen molar-refractivity contribution in [2.24, 2.45) is 0 Å². The van der Waals surface area contributed by atoms with E-state index in [0.29, 0.717) is 21.3 Å². The Morgan fingerprint density at radius 2 is 1.80 bits per heavy atom. The molecule has 2 aromatic carbocycles. The van der Waals surface area contributed by atoms with Crippen molar-refractivity contribution in [1.29, 1.82) is 0 Å². The van der Waals surface area contributed by atoms with Crippen LogP contribution in [0.15, 0.2) is 70.6 Å². The molecule has 0 aliphatic carbocycles. The van der Waals surface area contributed by atoms with Gasteiger partial charge in [-0.25, -0.2) is 9.78 Å². The lowest BCUT2D eigenvalue weighted by Crippen LogP contribution is -2.13. The van der Waals surface area contributed by atoms with Gasteiger partial charge < -0.3 is 10.4 Å². The molecular weight excluding hydrogens is 408 g/mol. The number of hydrogen-bond acceptors (Lipinski definition) is 6. The molecule has 0 unspecified atom stereocenters. The molecule has 1 heterocycles. The van der Waals surface area contributed by atoms with Gasteiger partial charge in [0, 0.05) is 28.4 Å². The normalized spacial score (nSPS) is 10.3. The summed E-state index contributed by atoms with van der Waals surface area (Å²) in [5.74, 6) is -0.156. The SMILES string of the molecule is Cc1ccc(NC(=O)c2ccc(Sc3ccc(NC(=O)O)cc3)c([N+](=O)[O-])c2)nc1. The molecule has 2 amide bonds. The molecule has 1 aromatic heterocycles. The summed E-state index contributed by atoms with van der Waals surface area (Å²) < 4.78 is 0. The van der Waals surface area contributed by atoms with E-state index in [9.17, 15) is 19.7 Å². The zero-order valence-corrected chi connectivity index (χ0v) is 16.5. The monoisotopic (exact) mass is 424 g/mol. The largest absolute Gasteiger partial charge is 0.465 e. The third-order valence-electron chi connectivity index (χ3n) is 3.90. The second kappa shape index (κ2) is 9.05. The molecule has 3 rings (SSSR count). The lowest BCUT2D eigenvalue weighted by Gasteiger charge is -2.08. The van der Waals surface area contributed by atoms with E-state index in [-0.39, 0.29) is 11.3 Å². The van der Waals surface area contributed by atoms with Crippen molar-refractivity contribution in [3.05, 3.63) is 82.0 Å². The molecule has 0 radical (unpaired) electrons. The van der Waals surface area contributed by atoms with Gasteiger partial charge in [0.25, 0.3) is 11.6 Å². The molecule has 0 atom stereocenters. The van der Waals surface area contributed by atoms with Crippen LogP contribution in [-0.2, 0) is 0 Å². The van der Waals surface area contributed by atoms with Crippen molar-refractivity contribution in [3.8, 4) is 0 Å². The standard InChI is InChI=1S/C20H16N4O5S/c1-12-2-9-18(21-11-12)23-19(25)13-3-8-17(16(10-13)24(28)29)30-15-6-4-14(5-7-15)22-20(26)27/h2-11,22H,1H3,(H,26,27)(H,21,23,25). The van der Waals surface area contributed by atoms with Gasteiger partial charge in [-0.2, -0.15) is 0 Å². The van der Waals surface area contributed by atoms with Gasteiger partial charge in [-0.15, -0.1) is 0 Å². The van der Waals surface area contributed by atoms with Crippen LogP contribution in [-0.4, -0.2) is 27.0 Å². The lowest BCUT2D eigenvalue weighted by molar-refractivity contribution is -0.387. The maximum atomic E-state index is 12.4. The molecule has 0 saturated carbocycles. The smallest absolute Gasteiger partial charge is 0.409 e. The summed E-state index contributed by atoms with van der Waals surface area (Å²) in [6.45, 7) is 1.87. The van der Waals surface area contributed by atoms with E-state index in [1.807, 2.05) is 6.92 Å². The quantitative estimate of drug-likeness (QED) is 0.382. The predicted molar refractivity (Wildman–Crippen MR) is 112 cm³/mol. The number of aromatic nitrogens is 1. The number of benzene rings is 2. The number of carbonyl (C=O) groups is 2. The van der Waals surface area contributed by atoms with Crippen molar-refractivity contribution in [2.75, 3.05) is 10.6 Å². The Labute approximate surface area is 175 Å². The molecule has 0 aliphatic heterocycles. The topological polar surface area (TPSA) is 134 Å². The maximum Gasteiger partial charge on any atom is 0.409 e. The molecule has 3 aromatic rings. The average Bonchev–Trinajstić information content (AvgIpc) is 2.71. The van der Waals surface area contributed by atoms with Gasteiger partial charge in [0.15, 0.2) is 0 Å². The van der Waals surface area contributed by atoms with Gasteiger partial charge in [-0.05, 0) is 55.0 Å². The first-order valence-electron chi connectivity index (χ1n) is 8.62. The molecule has 0 spiro atoms. The minimum Gasteiger partial charge on any atom is -0.465 e. The van der Waals surface area contributed by atoms with E-state index >= 15 is 0 Å². The van der Waals surface area contributed by atoms with Gasteiger partial charge in [-0.3, -0.25) is 20.2 Å². The Morgan fingerprint density at radius 3 is 2.40 bits per heavy atom. The summed E-state index contributed by atoms with van der Waals surface area (Å²) in [7, 11) is 0. The molecule has 0 saturated heterocycles. The van der Waals surface area contributed by atoms with Crippen LogP contribution >= 0.6 is 11.8 Å². The maximum absolute atomic E-state index is 12.4. The molecule has 0 aliphatic rings. The van der Waals surface area contributed by atoms with Gasteiger partial charge in [-0.1, -0.05) is 17.8 Å². The number of carboxylic acid groups (broad SMARTS) is 1. The number of carbonyl (C=O) groups excluding carboxylic acids is 1. The molecule has 9 nitrogen and oxygen atoms in total. The number of amides is 2. The molecular formula is C20H16N4O5S. The number of nitro groups is 1. The summed E-state index contributed by atoms with van der Waals surface area (Å²) in [6.07, 6.45) is 0.426. The first-order chi connectivity index (χ1) is 14.3. The third kappa shape index (κ3) is 5.32. The first-order valence-corrected chi connectivity index (χ1v) is 9.44. The Bertz CT molecular complexity index is 1100. The van der Waals surface area contributed by atoms with Crippen molar-refractivity contribution in [3.63, 3.8) is 0 Å². The number of rotatable bonds is 6. The number of nitrogens with zero attached hydrogens (tertiary/aromatic N) is 2. The van der Waals surface area contributed by atoms with E-state index < -0.39 is 16.9 Å². The van der Waals surface area contributed by atoms with Crippen molar-refractivity contribution in [1.82, 2.24) is 4.98 Å². The van der Waals surface area contributed by atoms with Gasteiger partial charge in [0.05, 0.1) is 9.82 Å². The van der Waals surface area contributed by atoms with Gasteiger partial charge in [0.1, 0.15) is 5.82 Å². The highest BCUT2D eigenvalue weighted by atomic mass is 32.2. The summed E-state index contributed by atoms with van der Waals surface area (Å²) in [6, 6.07) is 14.1. The van der Waals surface area contributed by atoms with E-state index in [2.05, 4.69) is 15.6 Å². The summed E-state index contributed by atoms with van der Waals surface area (Å²) >= 11 is 1.14. The van der Waals surface area contributed by atoms with Crippen molar-refractivity contribution in [2.45, 2.75) is 16.7 Å². The highest BCUT2D eigenvalue weighted by molar-refractivity contribution is 7.99. The van der Waals surface area contributed by atoms with Crippen LogP contribution < -0.4 is 10.6 Å². The van der Waals surface area contributed by atoms with Gasteiger partial charge >= 0.3 is 6.09 Å². The fourth-order valence-corrected chi connectivity index (χ4v) is 3.37. The fourth-order valence-electron chi connectivity index (χ4n) is 2.47. The highest BCUT2D eigenvalue weighted by Crippen LogP contribution is 2.36. The second-order valence-corrected chi connectivity index (χ2v) is 7.29. The summed E-state index contributed by atoms with van der Waals surface area (Å²) in [5.41, 5.74) is 1.25. The number of nitrogens with one attached hydrogen (secondary N) is 2. The van der Waals surface area contributed by atoms with Crippen LogP contribution in [0, 0.1) is 17.0 Å². The average molecular weight is 424 g/mol. The van der Waals surface area contributed by atoms with Crippen LogP contribution in [0.4, 0.5) is 22.0 Å². The number of aryl methyl sites for hydroxylation is 1. The Balaban J connectivity index is 1.79. The zero-order chi connectivity index (χ0) is 21.7. The molecule has 0 fully saturated rings. The lowest BCUT2D eigenvalue weighted by atomic mass is 10.2. The van der Waals surface area contributed by atoms with Crippen molar-refractivity contribution < 1.29 is 19.6 Å². The number of pyridine rings is 1. The highest BCUT2D eigenvalue weighted by Gasteiger charge is 2.19. The zero-order valence-electron chi connectivity index (χ0n) is 15.7. The molecule has 3 N–H and O–H groups in total. The Morgan fingerprint density at radius 1 is 1.07 bits per heavy atom. The molecule has 0 bridgehead atoms. The fraction of sp³-hybridized carbons (Fsp3) is 0.0500. The van der Waals surface area contributed by atoms with Crippen LogP contribution in [0.25, 0.3) is 0 Å². The van der Waals surface area contributed by atoms with Crippen molar-refractivity contribution >= 4 is 41.0 Å². The number of anilines is 2. The van der Waals surface area contributed by atoms with Crippen LogP contribution in [0.2, 0.25) is 0 Å². The predicted octanol–water partition coefficient (Wildman–Crippen LogP) is 4.79. The van der Waals surface area contributed by atoms with Crippen LogP contribution in [0.3, 0.4) is 0 Å². The van der Waals surface area contributed by atoms with E-state index in [1.165, 1.54) is 18.2 Å². The summed E-state index contributed by atoms with van der Waals surface area (Å²) in [4.78, 5) is 39.2. The Hall–Kier alpha value is -3.92. The third-order valence-corrected chi connectivity index (χ3v) is 4.98. The number of hydrogen-bond donors (Lipinski definition) is 3. The summed E-state index contributed by atoms with van der Waals surface area (Å²) in [5, 5.41) is 25.1.